The first-order valence-corrected chi connectivity index (χ1v) is 5.30. The standard InChI is InChI=1S/C12H15BN2/c1-14-7-6-9-2-3-10-4-5-12(13)15-11(10)8-9/h2-5,8,14H,6-7,13H2,1H3. The zero-order valence-corrected chi connectivity index (χ0v) is 9.25. The molecular formula is C12H15BN2. The Kier molecular flexibility index (Phi) is 3.02. The lowest BCUT2D eigenvalue weighted by molar-refractivity contribution is 0.792. The average molecular weight is 198 g/mol. The summed E-state index contributed by atoms with van der Waals surface area (Å²) >= 11 is 0. The molecule has 0 saturated carbocycles. The third-order valence-corrected chi connectivity index (χ3v) is 2.56. The van der Waals surface area contributed by atoms with Crippen molar-refractivity contribution in [2.75, 3.05) is 13.6 Å². The Morgan fingerprint density at radius 2 is 2.07 bits per heavy atom. The summed E-state index contributed by atoms with van der Waals surface area (Å²) in [7, 11) is 4.00. The Balaban J connectivity index is 2.36. The van der Waals surface area contributed by atoms with Crippen LogP contribution in [-0.2, 0) is 6.42 Å². The van der Waals surface area contributed by atoms with Crippen LogP contribution in [-0.4, -0.2) is 26.4 Å². The number of hydrogen-bond acceptors (Lipinski definition) is 2. The van der Waals surface area contributed by atoms with Crippen LogP contribution in [0.3, 0.4) is 0 Å². The lowest BCUT2D eigenvalue weighted by Gasteiger charge is -2.03. The maximum atomic E-state index is 4.52. The molecule has 0 radical (unpaired) electrons. The van der Waals surface area contributed by atoms with Gasteiger partial charge < -0.3 is 5.32 Å². The summed E-state index contributed by atoms with van der Waals surface area (Å²) in [4.78, 5) is 4.52. The summed E-state index contributed by atoms with van der Waals surface area (Å²) in [5, 5.41) is 4.37. The molecule has 1 aromatic heterocycles. The van der Waals surface area contributed by atoms with E-state index in [0.717, 1.165) is 24.1 Å². The highest BCUT2D eigenvalue weighted by molar-refractivity contribution is 6.31. The van der Waals surface area contributed by atoms with Gasteiger partial charge in [0.1, 0.15) is 0 Å². The molecule has 3 heteroatoms. The van der Waals surface area contributed by atoms with Crippen molar-refractivity contribution in [3.63, 3.8) is 0 Å². The molecule has 0 bridgehead atoms. The number of rotatable bonds is 3. The van der Waals surface area contributed by atoms with E-state index >= 15 is 0 Å². The number of likely N-dealkylation sites (N-methyl/N-ethyl adjacent to an activating group) is 1. The van der Waals surface area contributed by atoms with Crippen LogP contribution < -0.4 is 10.9 Å². The summed E-state index contributed by atoms with van der Waals surface area (Å²) < 4.78 is 0. The lowest BCUT2D eigenvalue weighted by Crippen LogP contribution is -2.10. The number of nitrogens with zero attached hydrogens (tertiary/aromatic N) is 1. The Bertz CT molecular complexity index is 468. The summed E-state index contributed by atoms with van der Waals surface area (Å²) in [6.45, 7) is 1.01. The van der Waals surface area contributed by atoms with E-state index in [4.69, 9.17) is 0 Å². The molecule has 2 aromatic rings. The molecule has 0 saturated heterocycles. The third kappa shape index (κ3) is 2.36. The lowest BCUT2D eigenvalue weighted by atomic mass is 10.0. The van der Waals surface area contributed by atoms with Gasteiger partial charge in [-0.3, -0.25) is 4.98 Å². The SMILES string of the molecule is Bc1ccc2ccc(CCNC)cc2n1. The summed E-state index contributed by atoms with van der Waals surface area (Å²) in [5.41, 5.74) is 3.52. The molecule has 0 aliphatic rings. The molecule has 0 unspecified atom stereocenters. The van der Waals surface area contributed by atoms with E-state index in [9.17, 15) is 0 Å². The van der Waals surface area contributed by atoms with Gasteiger partial charge in [-0.05, 0) is 37.2 Å². The van der Waals surface area contributed by atoms with Gasteiger partial charge in [-0.1, -0.05) is 24.3 Å². The topological polar surface area (TPSA) is 24.9 Å². The van der Waals surface area contributed by atoms with Crippen molar-refractivity contribution in [2.45, 2.75) is 6.42 Å². The summed E-state index contributed by atoms with van der Waals surface area (Å²) in [5.74, 6) is 0. The Labute approximate surface area is 91.1 Å². The van der Waals surface area contributed by atoms with Gasteiger partial charge in [0.25, 0.3) is 0 Å². The molecule has 0 amide bonds. The first kappa shape index (κ1) is 10.2. The number of fused-ring (bicyclic) bond motifs is 1. The van der Waals surface area contributed by atoms with E-state index in [-0.39, 0.29) is 0 Å². The molecule has 2 nitrogen and oxygen atoms in total. The number of nitrogens with one attached hydrogen (secondary N) is 1. The van der Waals surface area contributed by atoms with Crippen LogP contribution in [0.1, 0.15) is 5.56 Å². The van der Waals surface area contributed by atoms with E-state index in [0.29, 0.717) is 0 Å². The monoisotopic (exact) mass is 198 g/mol. The highest BCUT2D eigenvalue weighted by Crippen LogP contribution is 2.12. The maximum absolute atomic E-state index is 4.52. The highest BCUT2D eigenvalue weighted by Gasteiger charge is 1.97. The number of aromatic nitrogens is 1. The summed E-state index contributed by atoms with van der Waals surface area (Å²) in [6, 6.07) is 10.7. The quantitative estimate of drug-likeness (QED) is 0.715. The zero-order valence-electron chi connectivity index (χ0n) is 9.25. The van der Waals surface area contributed by atoms with E-state index in [1.807, 2.05) is 14.9 Å². The van der Waals surface area contributed by atoms with E-state index in [1.165, 1.54) is 10.9 Å². The van der Waals surface area contributed by atoms with Gasteiger partial charge in [0.2, 0.25) is 0 Å². The molecule has 1 aromatic carbocycles. The van der Waals surface area contributed by atoms with E-state index in [2.05, 4.69) is 40.6 Å². The van der Waals surface area contributed by atoms with Gasteiger partial charge >= 0.3 is 0 Å². The fourth-order valence-electron chi connectivity index (χ4n) is 1.69. The van der Waals surface area contributed by atoms with Gasteiger partial charge in [-0.15, -0.1) is 0 Å². The molecular weight excluding hydrogens is 183 g/mol. The molecule has 0 spiro atoms. The molecule has 2 rings (SSSR count). The van der Waals surface area contributed by atoms with Gasteiger partial charge in [-0.25, -0.2) is 0 Å². The minimum atomic E-state index is 1.01. The predicted molar refractivity (Wildman–Crippen MR) is 67.6 cm³/mol. The van der Waals surface area contributed by atoms with Crippen molar-refractivity contribution in [1.29, 1.82) is 0 Å². The van der Waals surface area contributed by atoms with Gasteiger partial charge in [0, 0.05) is 5.39 Å². The molecule has 0 aliphatic heterocycles. The smallest absolute Gasteiger partial charge is 0.163 e. The molecule has 0 fully saturated rings. The maximum Gasteiger partial charge on any atom is 0.163 e. The minimum Gasteiger partial charge on any atom is -0.319 e. The molecule has 0 atom stereocenters. The first-order chi connectivity index (χ1) is 7.29. The Hall–Kier alpha value is -1.35. The second-order valence-corrected chi connectivity index (χ2v) is 3.83. The molecule has 1 heterocycles. The van der Waals surface area contributed by atoms with Crippen molar-refractivity contribution >= 4 is 24.3 Å². The predicted octanol–water partition coefficient (Wildman–Crippen LogP) is 0.255. The molecule has 0 aliphatic carbocycles. The van der Waals surface area contributed by atoms with Crippen LogP contribution in [0.25, 0.3) is 10.9 Å². The van der Waals surface area contributed by atoms with E-state index in [1.54, 1.807) is 0 Å². The molecule has 76 valence electrons. The van der Waals surface area contributed by atoms with E-state index < -0.39 is 0 Å². The third-order valence-electron chi connectivity index (χ3n) is 2.56. The second kappa shape index (κ2) is 4.45. The number of hydrogen-bond donors (Lipinski definition) is 1. The fourth-order valence-corrected chi connectivity index (χ4v) is 1.69. The highest BCUT2D eigenvalue weighted by atomic mass is 14.8. The van der Waals surface area contributed by atoms with Crippen LogP contribution in [0.4, 0.5) is 0 Å². The van der Waals surface area contributed by atoms with Gasteiger partial charge in [0.15, 0.2) is 7.85 Å². The first-order valence-electron chi connectivity index (χ1n) is 5.30. The fraction of sp³-hybridized carbons (Fsp3) is 0.250. The number of benzene rings is 1. The Morgan fingerprint density at radius 1 is 1.27 bits per heavy atom. The zero-order chi connectivity index (χ0) is 10.7. The van der Waals surface area contributed by atoms with Crippen LogP contribution in [0.5, 0.6) is 0 Å². The second-order valence-electron chi connectivity index (χ2n) is 3.83. The largest absolute Gasteiger partial charge is 0.319 e. The van der Waals surface area contributed by atoms with Gasteiger partial charge in [0.05, 0.1) is 5.52 Å². The number of pyridine rings is 1. The minimum absolute atomic E-state index is 1.01. The van der Waals surface area contributed by atoms with Crippen molar-refractivity contribution in [3.05, 3.63) is 35.9 Å². The van der Waals surface area contributed by atoms with Crippen molar-refractivity contribution in [3.8, 4) is 0 Å². The van der Waals surface area contributed by atoms with Crippen molar-refractivity contribution in [2.24, 2.45) is 0 Å². The van der Waals surface area contributed by atoms with Crippen LogP contribution in [0, 0.1) is 0 Å². The average Bonchev–Trinajstić information content (AvgIpc) is 2.25. The normalized spacial score (nSPS) is 10.7. The van der Waals surface area contributed by atoms with Crippen LogP contribution >= 0.6 is 0 Å². The van der Waals surface area contributed by atoms with Crippen LogP contribution in [0.15, 0.2) is 30.3 Å². The Morgan fingerprint density at radius 3 is 2.87 bits per heavy atom. The van der Waals surface area contributed by atoms with Crippen molar-refractivity contribution in [1.82, 2.24) is 10.3 Å². The molecule has 15 heavy (non-hydrogen) atoms. The summed E-state index contributed by atoms with van der Waals surface area (Å²) in [6.07, 6.45) is 1.06. The van der Waals surface area contributed by atoms with Crippen LogP contribution in [0.2, 0.25) is 0 Å². The van der Waals surface area contributed by atoms with Gasteiger partial charge in [-0.2, -0.15) is 0 Å². The molecule has 1 N–H and O–H groups in total. The van der Waals surface area contributed by atoms with Crippen molar-refractivity contribution < 1.29 is 0 Å².